The fourth-order valence-corrected chi connectivity index (χ4v) is 3.12. The molecule has 0 radical (unpaired) electrons. The monoisotopic (exact) mass is 348 g/mol. The second kappa shape index (κ2) is 6.95. The molecular weight excluding hydrogens is 328 g/mol. The molecule has 1 fully saturated rings. The Morgan fingerprint density at radius 1 is 1.35 bits per heavy atom. The van der Waals surface area contributed by atoms with E-state index in [4.69, 9.17) is 0 Å². The molecule has 132 valence electrons. The molecule has 1 aliphatic heterocycles. The van der Waals surface area contributed by atoms with Crippen LogP contribution < -0.4 is 5.32 Å². The second-order valence-corrected chi connectivity index (χ2v) is 6.49. The van der Waals surface area contributed by atoms with Crippen molar-refractivity contribution in [3.63, 3.8) is 0 Å². The van der Waals surface area contributed by atoms with Gasteiger partial charge in [0, 0.05) is 50.0 Å². The summed E-state index contributed by atoms with van der Waals surface area (Å²) in [5.74, 6) is 0.810. The minimum absolute atomic E-state index is 0.0221. The number of hydrogen-bond acceptors (Lipinski definition) is 5. The van der Waals surface area contributed by atoms with Crippen LogP contribution in [0, 0.1) is 6.92 Å². The van der Waals surface area contributed by atoms with E-state index in [0.29, 0.717) is 6.54 Å². The van der Waals surface area contributed by atoms with E-state index in [2.05, 4.69) is 20.4 Å². The van der Waals surface area contributed by atoms with Gasteiger partial charge in [0.15, 0.2) is 5.65 Å². The van der Waals surface area contributed by atoms with E-state index in [1.165, 1.54) is 0 Å². The van der Waals surface area contributed by atoms with Crippen molar-refractivity contribution in [1.82, 2.24) is 24.5 Å². The molecule has 1 saturated heterocycles. The number of carbonyl (C=O) groups excluding carboxylic acids is 1. The molecule has 1 aliphatic rings. The van der Waals surface area contributed by atoms with Gasteiger partial charge in [-0.05, 0) is 48.7 Å². The number of hydrogen-bond donors (Lipinski definition) is 1. The van der Waals surface area contributed by atoms with Crippen LogP contribution in [-0.4, -0.2) is 49.5 Å². The van der Waals surface area contributed by atoms with Gasteiger partial charge in [0.05, 0.1) is 0 Å². The van der Waals surface area contributed by atoms with Crippen LogP contribution in [0.15, 0.2) is 49.1 Å². The molecule has 3 aromatic heterocycles. The summed E-state index contributed by atoms with van der Waals surface area (Å²) in [4.78, 5) is 22.6. The number of amides is 1. The fraction of sp³-hybridized carbons (Fsp3) is 0.263. The normalized spacial score (nSPS) is 17.3. The van der Waals surface area contributed by atoms with Gasteiger partial charge in [-0.1, -0.05) is 0 Å². The van der Waals surface area contributed by atoms with E-state index in [0.717, 1.165) is 35.6 Å². The predicted octanol–water partition coefficient (Wildman–Crippen LogP) is 2.16. The van der Waals surface area contributed by atoms with Crippen LogP contribution in [0.4, 0.5) is 5.82 Å². The standard InChI is InChI=1S/C19H20N6O/c1-14-10-15(12-20-11-14)2-5-19(26)24-8-6-16(13-24)22-17-3-4-18-21-7-9-25(18)23-17/h2-5,7,9-12,16H,6,8,13H2,1H3,(H,22,23)/b5-2+. The van der Waals surface area contributed by atoms with E-state index in [-0.39, 0.29) is 11.9 Å². The maximum atomic E-state index is 12.4. The molecule has 1 atom stereocenters. The fourth-order valence-electron chi connectivity index (χ4n) is 3.12. The number of carbonyl (C=O) groups is 1. The first-order valence-corrected chi connectivity index (χ1v) is 8.63. The smallest absolute Gasteiger partial charge is 0.246 e. The third-order valence-corrected chi connectivity index (χ3v) is 4.42. The Morgan fingerprint density at radius 2 is 2.27 bits per heavy atom. The van der Waals surface area contributed by atoms with Crippen LogP contribution in [0.5, 0.6) is 0 Å². The van der Waals surface area contributed by atoms with E-state index in [1.54, 1.807) is 29.2 Å². The Bertz CT molecular complexity index is 963. The van der Waals surface area contributed by atoms with Gasteiger partial charge in [-0.15, -0.1) is 5.10 Å². The van der Waals surface area contributed by atoms with E-state index < -0.39 is 0 Å². The topological polar surface area (TPSA) is 75.4 Å². The molecule has 0 aliphatic carbocycles. The van der Waals surface area contributed by atoms with Gasteiger partial charge in [-0.2, -0.15) is 0 Å². The van der Waals surface area contributed by atoms with Gasteiger partial charge in [0.1, 0.15) is 5.82 Å². The van der Waals surface area contributed by atoms with Crippen molar-refractivity contribution in [3.05, 3.63) is 60.2 Å². The number of rotatable bonds is 4. The van der Waals surface area contributed by atoms with Crippen molar-refractivity contribution in [2.75, 3.05) is 18.4 Å². The molecule has 0 aromatic carbocycles. The van der Waals surface area contributed by atoms with Crippen LogP contribution in [0.25, 0.3) is 11.7 Å². The third-order valence-electron chi connectivity index (χ3n) is 4.42. The maximum absolute atomic E-state index is 12.4. The lowest BCUT2D eigenvalue weighted by molar-refractivity contribution is -0.124. The molecule has 1 N–H and O–H groups in total. The average Bonchev–Trinajstić information content (AvgIpc) is 3.29. The van der Waals surface area contributed by atoms with Crippen molar-refractivity contribution in [3.8, 4) is 0 Å². The Kier molecular flexibility index (Phi) is 4.35. The highest BCUT2D eigenvalue weighted by Crippen LogP contribution is 2.15. The van der Waals surface area contributed by atoms with Crippen LogP contribution in [0.2, 0.25) is 0 Å². The zero-order chi connectivity index (χ0) is 17.9. The third kappa shape index (κ3) is 3.56. The highest BCUT2D eigenvalue weighted by atomic mass is 16.2. The molecule has 4 heterocycles. The number of aryl methyl sites for hydroxylation is 1. The highest BCUT2D eigenvalue weighted by molar-refractivity contribution is 5.92. The lowest BCUT2D eigenvalue weighted by atomic mass is 10.2. The quantitative estimate of drug-likeness (QED) is 0.731. The summed E-state index contributed by atoms with van der Waals surface area (Å²) in [7, 11) is 0. The van der Waals surface area contributed by atoms with Crippen molar-refractivity contribution in [1.29, 1.82) is 0 Å². The van der Waals surface area contributed by atoms with Crippen molar-refractivity contribution < 1.29 is 4.79 Å². The summed E-state index contributed by atoms with van der Waals surface area (Å²) in [5, 5.41) is 7.87. The summed E-state index contributed by atoms with van der Waals surface area (Å²) in [6, 6.07) is 6.04. The van der Waals surface area contributed by atoms with Crippen molar-refractivity contribution in [2.45, 2.75) is 19.4 Å². The number of aromatic nitrogens is 4. The number of anilines is 1. The van der Waals surface area contributed by atoms with Gasteiger partial charge in [0.25, 0.3) is 0 Å². The molecule has 4 rings (SSSR count). The molecule has 0 spiro atoms. The Labute approximate surface area is 151 Å². The molecule has 0 bridgehead atoms. The molecular formula is C19H20N6O. The van der Waals surface area contributed by atoms with E-state index >= 15 is 0 Å². The maximum Gasteiger partial charge on any atom is 0.246 e. The summed E-state index contributed by atoms with van der Waals surface area (Å²) in [5.41, 5.74) is 2.83. The van der Waals surface area contributed by atoms with E-state index in [1.807, 2.05) is 42.3 Å². The summed E-state index contributed by atoms with van der Waals surface area (Å²) in [6.45, 7) is 3.39. The lowest BCUT2D eigenvalue weighted by Crippen LogP contribution is -2.30. The van der Waals surface area contributed by atoms with Gasteiger partial charge < -0.3 is 10.2 Å². The number of nitrogens with one attached hydrogen (secondary N) is 1. The minimum atomic E-state index is 0.0221. The van der Waals surface area contributed by atoms with Crippen LogP contribution in [-0.2, 0) is 4.79 Å². The van der Waals surface area contributed by atoms with Crippen LogP contribution in [0.1, 0.15) is 17.5 Å². The van der Waals surface area contributed by atoms with Crippen molar-refractivity contribution >= 4 is 23.4 Å². The first-order valence-electron chi connectivity index (χ1n) is 8.63. The predicted molar refractivity (Wildman–Crippen MR) is 99.6 cm³/mol. The first kappa shape index (κ1) is 16.3. The van der Waals surface area contributed by atoms with E-state index in [9.17, 15) is 4.79 Å². The number of pyridine rings is 1. The number of nitrogens with zero attached hydrogens (tertiary/aromatic N) is 5. The second-order valence-electron chi connectivity index (χ2n) is 6.49. The van der Waals surface area contributed by atoms with Crippen molar-refractivity contribution in [2.24, 2.45) is 0 Å². The Balaban J connectivity index is 1.36. The molecule has 7 nitrogen and oxygen atoms in total. The van der Waals surface area contributed by atoms with Crippen LogP contribution in [0.3, 0.4) is 0 Å². The molecule has 7 heteroatoms. The SMILES string of the molecule is Cc1cncc(/C=C/C(=O)N2CCC(Nc3ccc4nccn4n3)C2)c1. The molecule has 1 amide bonds. The van der Waals surface area contributed by atoms with Gasteiger partial charge in [-0.3, -0.25) is 9.78 Å². The zero-order valence-electron chi connectivity index (χ0n) is 14.5. The first-order chi connectivity index (χ1) is 12.7. The number of likely N-dealkylation sites (tertiary alicyclic amines) is 1. The largest absolute Gasteiger partial charge is 0.364 e. The average molecular weight is 348 g/mol. The molecule has 1 unspecified atom stereocenters. The molecule has 26 heavy (non-hydrogen) atoms. The summed E-state index contributed by atoms with van der Waals surface area (Å²) in [6.07, 6.45) is 11.4. The minimum Gasteiger partial charge on any atom is -0.364 e. The Morgan fingerprint density at radius 3 is 3.15 bits per heavy atom. The number of fused-ring (bicyclic) bond motifs is 1. The Hall–Kier alpha value is -3.22. The summed E-state index contributed by atoms with van der Waals surface area (Å²) < 4.78 is 1.73. The van der Waals surface area contributed by atoms with Gasteiger partial charge in [-0.25, -0.2) is 9.50 Å². The lowest BCUT2D eigenvalue weighted by Gasteiger charge is -2.15. The summed E-state index contributed by atoms with van der Waals surface area (Å²) >= 11 is 0. The number of imidazole rings is 1. The molecule has 0 saturated carbocycles. The molecule has 3 aromatic rings. The highest BCUT2D eigenvalue weighted by Gasteiger charge is 2.25. The van der Waals surface area contributed by atoms with Gasteiger partial charge >= 0.3 is 0 Å². The van der Waals surface area contributed by atoms with Crippen LogP contribution >= 0.6 is 0 Å². The van der Waals surface area contributed by atoms with Gasteiger partial charge in [0.2, 0.25) is 5.91 Å². The zero-order valence-corrected chi connectivity index (χ0v) is 14.5.